The summed E-state index contributed by atoms with van der Waals surface area (Å²) in [5, 5.41) is 8.66. The molecule has 0 bridgehead atoms. The lowest BCUT2D eigenvalue weighted by Crippen LogP contribution is -2.02. The van der Waals surface area contributed by atoms with Gasteiger partial charge in [0.2, 0.25) is 5.95 Å². The second-order valence-electron chi connectivity index (χ2n) is 3.73. The molecule has 0 radical (unpaired) electrons. The van der Waals surface area contributed by atoms with E-state index in [1.807, 2.05) is 0 Å². The molecule has 92 valence electrons. The Bertz CT molecular complexity index is 599. The molecule has 1 aromatic heterocycles. The van der Waals surface area contributed by atoms with Gasteiger partial charge in [0.1, 0.15) is 5.82 Å². The van der Waals surface area contributed by atoms with Crippen molar-refractivity contribution in [2.75, 3.05) is 0 Å². The van der Waals surface area contributed by atoms with Crippen molar-refractivity contribution in [2.45, 2.75) is 6.42 Å². The highest BCUT2D eigenvalue weighted by Crippen LogP contribution is 2.25. The van der Waals surface area contributed by atoms with Gasteiger partial charge in [-0.05, 0) is 17.7 Å². The SMILES string of the molecule is O=C(O)Cc1cnc(F)c(-c2ccccc2F)c1. The molecule has 0 aliphatic heterocycles. The highest BCUT2D eigenvalue weighted by Gasteiger charge is 2.12. The van der Waals surface area contributed by atoms with Crippen LogP contribution >= 0.6 is 0 Å². The second-order valence-corrected chi connectivity index (χ2v) is 3.73. The lowest BCUT2D eigenvalue weighted by molar-refractivity contribution is -0.136. The minimum Gasteiger partial charge on any atom is -0.481 e. The summed E-state index contributed by atoms with van der Waals surface area (Å²) in [4.78, 5) is 14.0. The predicted molar refractivity (Wildman–Crippen MR) is 60.9 cm³/mol. The molecule has 1 aromatic carbocycles. The Labute approximate surface area is 102 Å². The molecule has 0 saturated carbocycles. The van der Waals surface area contributed by atoms with Crippen LogP contribution in [0.4, 0.5) is 8.78 Å². The zero-order valence-corrected chi connectivity index (χ0v) is 9.23. The van der Waals surface area contributed by atoms with E-state index in [-0.39, 0.29) is 17.5 Å². The van der Waals surface area contributed by atoms with Crippen LogP contribution in [0.15, 0.2) is 36.5 Å². The van der Waals surface area contributed by atoms with Crippen LogP contribution in [0, 0.1) is 11.8 Å². The Morgan fingerprint density at radius 1 is 1.22 bits per heavy atom. The summed E-state index contributed by atoms with van der Waals surface area (Å²) in [5.41, 5.74) is 0.351. The number of carbonyl (C=O) groups is 1. The zero-order valence-electron chi connectivity index (χ0n) is 9.23. The Balaban J connectivity index is 2.50. The van der Waals surface area contributed by atoms with Crippen molar-refractivity contribution in [3.05, 3.63) is 53.9 Å². The standard InChI is InChI=1S/C13H9F2NO2/c14-11-4-2-1-3-9(11)10-5-8(6-12(17)18)7-16-13(10)15/h1-5,7H,6H2,(H,17,18). The van der Waals surface area contributed by atoms with E-state index >= 15 is 0 Å². The molecule has 0 unspecified atom stereocenters. The number of pyridine rings is 1. The number of benzene rings is 1. The molecule has 2 rings (SSSR count). The Kier molecular flexibility index (Phi) is 3.32. The molecule has 0 saturated heterocycles. The zero-order chi connectivity index (χ0) is 13.1. The van der Waals surface area contributed by atoms with Crippen molar-refractivity contribution in [3.8, 4) is 11.1 Å². The number of nitrogens with zero attached hydrogens (tertiary/aromatic N) is 1. The number of rotatable bonds is 3. The molecule has 18 heavy (non-hydrogen) atoms. The molecular weight excluding hydrogens is 240 g/mol. The molecule has 3 nitrogen and oxygen atoms in total. The summed E-state index contributed by atoms with van der Waals surface area (Å²) in [7, 11) is 0. The third-order valence-electron chi connectivity index (χ3n) is 2.42. The van der Waals surface area contributed by atoms with Crippen LogP contribution in [0.25, 0.3) is 11.1 Å². The summed E-state index contributed by atoms with van der Waals surface area (Å²) in [5.74, 6) is -2.46. The molecule has 0 amide bonds. The van der Waals surface area contributed by atoms with Crippen LogP contribution in [0.2, 0.25) is 0 Å². The second kappa shape index (κ2) is 4.91. The molecule has 5 heteroatoms. The molecule has 2 aromatic rings. The van der Waals surface area contributed by atoms with E-state index in [2.05, 4.69) is 4.98 Å². The lowest BCUT2D eigenvalue weighted by Gasteiger charge is -2.06. The van der Waals surface area contributed by atoms with Gasteiger partial charge < -0.3 is 5.11 Å². The van der Waals surface area contributed by atoms with Gasteiger partial charge in [0.15, 0.2) is 0 Å². The first kappa shape index (κ1) is 12.2. The summed E-state index contributed by atoms with van der Waals surface area (Å²) >= 11 is 0. The fourth-order valence-electron chi connectivity index (χ4n) is 1.63. The van der Waals surface area contributed by atoms with E-state index in [1.165, 1.54) is 24.3 Å². The lowest BCUT2D eigenvalue weighted by atomic mass is 10.0. The quantitative estimate of drug-likeness (QED) is 0.851. The van der Waals surface area contributed by atoms with Gasteiger partial charge in [-0.25, -0.2) is 9.37 Å². The topological polar surface area (TPSA) is 50.2 Å². The molecule has 1 N–H and O–H groups in total. The van der Waals surface area contributed by atoms with Crippen molar-refractivity contribution < 1.29 is 18.7 Å². The average molecular weight is 249 g/mol. The molecule has 1 heterocycles. The van der Waals surface area contributed by atoms with Crippen molar-refractivity contribution in [3.63, 3.8) is 0 Å². The number of carboxylic acids is 1. The first-order valence-electron chi connectivity index (χ1n) is 5.19. The summed E-state index contributed by atoms with van der Waals surface area (Å²) in [6.45, 7) is 0. The number of halogens is 2. The van der Waals surface area contributed by atoms with Gasteiger partial charge in [-0.1, -0.05) is 18.2 Å². The molecule has 0 atom stereocenters. The molecule has 0 aliphatic rings. The van der Waals surface area contributed by atoms with Crippen LogP contribution in [0.5, 0.6) is 0 Å². The van der Waals surface area contributed by atoms with E-state index in [9.17, 15) is 13.6 Å². The molecule has 0 aliphatic carbocycles. The predicted octanol–water partition coefficient (Wildman–Crippen LogP) is 2.65. The van der Waals surface area contributed by atoms with Gasteiger partial charge in [-0.2, -0.15) is 4.39 Å². The minimum atomic E-state index is -1.05. The largest absolute Gasteiger partial charge is 0.481 e. The number of aliphatic carboxylic acids is 1. The van der Waals surface area contributed by atoms with Crippen LogP contribution in [0.1, 0.15) is 5.56 Å². The summed E-state index contributed by atoms with van der Waals surface area (Å²) < 4.78 is 27.1. The first-order valence-corrected chi connectivity index (χ1v) is 5.19. The third kappa shape index (κ3) is 2.51. The van der Waals surface area contributed by atoms with Crippen LogP contribution in [0.3, 0.4) is 0 Å². The average Bonchev–Trinajstić information content (AvgIpc) is 2.32. The Morgan fingerprint density at radius 2 is 1.94 bits per heavy atom. The van der Waals surface area contributed by atoms with Gasteiger partial charge in [0.05, 0.1) is 6.42 Å². The van der Waals surface area contributed by atoms with E-state index < -0.39 is 17.7 Å². The van der Waals surface area contributed by atoms with Crippen molar-refractivity contribution in [2.24, 2.45) is 0 Å². The van der Waals surface area contributed by atoms with Crippen LogP contribution in [-0.4, -0.2) is 16.1 Å². The fraction of sp³-hybridized carbons (Fsp3) is 0.0769. The molecule has 0 spiro atoms. The minimum absolute atomic E-state index is 0.0353. The van der Waals surface area contributed by atoms with Gasteiger partial charge in [-0.15, -0.1) is 0 Å². The van der Waals surface area contributed by atoms with Gasteiger partial charge >= 0.3 is 5.97 Å². The maximum atomic E-state index is 13.5. The number of carboxylic acid groups (broad SMARTS) is 1. The molecular formula is C13H9F2NO2. The Morgan fingerprint density at radius 3 is 2.61 bits per heavy atom. The van der Waals surface area contributed by atoms with Crippen LogP contribution in [-0.2, 0) is 11.2 Å². The third-order valence-corrected chi connectivity index (χ3v) is 2.42. The summed E-state index contributed by atoms with van der Waals surface area (Å²) in [6.07, 6.45) is 0.850. The smallest absolute Gasteiger partial charge is 0.307 e. The van der Waals surface area contributed by atoms with Gasteiger partial charge in [0.25, 0.3) is 0 Å². The maximum absolute atomic E-state index is 13.5. The van der Waals surface area contributed by atoms with E-state index in [4.69, 9.17) is 5.11 Å². The van der Waals surface area contributed by atoms with Gasteiger partial charge in [0, 0.05) is 17.3 Å². The Hall–Kier alpha value is -2.30. The number of aromatic nitrogens is 1. The van der Waals surface area contributed by atoms with Crippen LogP contribution < -0.4 is 0 Å². The number of hydrogen-bond donors (Lipinski definition) is 1. The van der Waals surface area contributed by atoms with Crippen molar-refractivity contribution in [1.29, 1.82) is 0 Å². The highest BCUT2D eigenvalue weighted by atomic mass is 19.1. The monoisotopic (exact) mass is 249 g/mol. The van der Waals surface area contributed by atoms with Gasteiger partial charge in [-0.3, -0.25) is 4.79 Å². The highest BCUT2D eigenvalue weighted by molar-refractivity contribution is 5.72. The van der Waals surface area contributed by atoms with E-state index in [0.717, 1.165) is 6.20 Å². The number of hydrogen-bond acceptors (Lipinski definition) is 2. The summed E-state index contributed by atoms with van der Waals surface area (Å²) in [6, 6.07) is 6.99. The van der Waals surface area contributed by atoms with E-state index in [0.29, 0.717) is 5.56 Å². The van der Waals surface area contributed by atoms with Crippen molar-refractivity contribution in [1.82, 2.24) is 4.98 Å². The van der Waals surface area contributed by atoms with Crippen molar-refractivity contribution >= 4 is 5.97 Å². The van der Waals surface area contributed by atoms with E-state index in [1.54, 1.807) is 6.07 Å². The normalized spacial score (nSPS) is 10.3. The first-order chi connectivity index (χ1) is 8.58. The molecule has 0 fully saturated rings. The fourth-order valence-corrected chi connectivity index (χ4v) is 1.63. The maximum Gasteiger partial charge on any atom is 0.307 e.